The van der Waals surface area contributed by atoms with E-state index in [9.17, 15) is 9.59 Å². The number of imidazole rings is 1. The fraction of sp³-hybridized carbons (Fsp3) is 0.536. The highest BCUT2D eigenvalue weighted by Gasteiger charge is 2.21. The van der Waals surface area contributed by atoms with Crippen molar-refractivity contribution in [1.82, 2.24) is 24.8 Å². The van der Waals surface area contributed by atoms with Gasteiger partial charge in [0.05, 0.1) is 19.5 Å². The minimum Gasteiger partial charge on any atom is -0.378 e. The van der Waals surface area contributed by atoms with Crippen molar-refractivity contribution in [2.45, 2.75) is 64.8 Å². The van der Waals surface area contributed by atoms with Gasteiger partial charge in [0, 0.05) is 51.0 Å². The number of nitrogens with one attached hydrogen (secondary N) is 1. The van der Waals surface area contributed by atoms with Gasteiger partial charge in [-0.25, -0.2) is 9.97 Å². The molecule has 37 heavy (non-hydrogen) atoms. The number of hydrogen-bond acceptors (Lipinski definition) is 7. The van der Waals surface area contributed by atoms with Gasteiger partial charge in [-0.3, -0.25) is 9.59 Å². The number of hydrogen-bond donors (Lipinski definition) is 1. The predicted molar refractivity (Wildman–Crippen MR) is 145 cm³/mol. The number of Topliss-reactive ketones (excluding diaryl/α,β-unsaturated/α-hetero) is 1. The lowest BCUT2D eigenvalue weighted by Gasteiger charge is -2.27. The summed E-state index contributed by atoms with van der Waals surface area (Å²) in [6, 6.07) is 8.29. The quantitative estimate of drug-likeness (QED) is 0.369. The maximum atomic E-state index is 12.7. The van der Waals surface area contributed by atoms with E-state index in [4.69, 9.17) is 14.7 Å². The molecule has 1 N–H and O–H groups in total. The standard InChI is InChI=1S/C28H38N6O3/c1-20(2)34-19-30-26-25(31-28(32-27(26)34)33-13-15-37-16-14-33)22-10-8-9-21(17-22)18-23(35)11-6-4-5-7-12-24(36)29-3/h8-10,17,19-20H,4-7,11-16,18H2,1-3H3,(H,29,36). The number of nitrogens with zero attached hydrogens (tertiary/aromatic N) is 5. The van der Waals surface area contributed by atoms with Gasteiger partial charge in [-0.2, -0.15) is 4.98 Å². The summed E-state index contributed by atoms with van der Waals surface area (Å²) in [5, 5.41) is 2.64. The van der Waals surface area contributed by atoms with Crippen LogP contribution in [0.4, 0.5) is 5.95 Å². The van der Waals surface area contributed by atoms with Gasteiger partial charge in [-0.1, -0.05) is 31.0 Å². The molecule has 9 heteroatoms. The van der Waals surface area contributed by atoms with E-state index in [1.54, 1.807) is 7.05 Å². The molecule has 3 aromatic rings. The maximum absolute atomic E-state index is 12.7. The lowest BCUT2D eigenvalue weighted by molar-refractivity contribution is -0.121. The van der Waals surface area contributed by atoms with Gasteiger partial charge < -0.3 is 19.5 Å². The molecular formula is C28H38N6O3. The summed E-state index contributed by atoms with van der Waals surface area (Å²) >= 11 is 0. The molecule has 0 unspecified atom stereocenters. The molecule has 1 amide bonds. The number of fused-ring (bicyclic) bond motifs is 1. The Balaban J connectivity index is 1.48. The summed E-state index contributed by atoms with van der Waals surface area (Å²) < 4.78 is 7.60. The summed E-state index contributed by atoms with van der Waals surface area (Å²) in [6.45, 7) is 7.05. The lowest BCUT2D eigenvalue weighted by Crippen LogP contribution is -2.37. The number of ether oxygens (including phenoxy) is 1. The normalized spacial score (nSPS) is 13.9. The maximum Gasteiger partial charge on any atom is 0.228 e. The zero-order valence-corrected chi connectivity index (χ0v) is 22.2. The molecule has 0 bridgehead atoms. The van der Waals surface area contributed by atoms with E-state index in [0.29, 0.717) is 38.4 Å². The number of unbranched alkanes of at least 4 members (excludes halogenated alkanes) is 3. The van der Waals surface area contributed by atoms with Gasteiger partial charge in [0.1, 0.15) is 17.0 Å². The molecule has 1 aliphatic heterocycles. The molecule has 0 atom stereocenters. The van der Waals surface area contributed by atoms with Crippen LogP contribution in [0.3, 0.4) is 0 Å². The van der Waals surface area contributed by atoms with E-state index in [0.717, 1.165) is 66.8 Å². The van der Waals surface area contributed by atoms with Crippen LogP contribution in [-0.4, -0.2) is 64.6 Å². The Morgan fingerprint density at radius 1 is 1.05 bits per heavy atom. The zero-order valence-electron chi connectivity index (χ0n) is 22.2. The Kier molecular flexibility index (Phi) is 9.22. The summed E-state index contributed by atoms with van der Waals surface area (Å²) in [4.78, 5) is 40.7. The van der Waals surface area contributed by atoms with Crippen LogP contribution in [-0.2, 0) is 20.7 Å². The van der Waals surface area contributed by atoms with Gasteiger partial charge in [0.2, 0.25) is 11.9 Å². The summed E-state index contributed by atoms with van der Waals surface area (Å²) in [6.07, 6.45) is 6.99. The second kappa shape index (κ2) is 12.8. The minimum atomic E-state index is 0.0740. The van der Waals surface area contributed by atoms with E-state index < -0.39 is 0 Å². The second-order valence-corrected chi connectivity index (χ2v) is 9.89. The molecular weight excluding hydrogens is 468 g/mol. The Bertz CT molecular complexity index is 1220. The highest BCUT2D eigenvalue weighted by Crippen LogP contribution is 2.30. The van der Waals surface area contributed by atoms with Crippen LogP contribution in [0.5, 0.6) is 0 Å². The molecule has 1 fully saturated rings. The minimum absolute atomic E-state index is 0.0740. The number of anilines is 1. The van der Waals surface area contributed by atoms with Gasteiger partial charge in [0.25, 0.3) is 0 Å². The third-order valence-electron chi connectivity index (χ3n) is 6.75. The molecule has 0 saturated carbocycles. The smallest absolute Gasteiger partial charge is 0.228 e. The van der Waals surface area contributed by atoms with E-state index in [-0.39, 0.29) is 17.7 Å². The second-order valence-electron chi connectivity index (χ2n) is 9.89. The van der Waals surface area contributed by atoms with Gasteiger partial charge in [0.15, 0.2) is 5.65 Å². The number of rotatable bonds is 12. The average Bonchev–Trinajstić information content (AvgIpc) is 3.35. The third kappa shape index (κ3) is 6.91. The molecule has 2 aromatic heterocycles. The Labute approximate surface area is 218 Å². The fourth-order valence-corrected chi connectivity index (χ4v) is 4.62. The topological polar surface area (TPSA) is 102 Å². The SMILES string of the molecule is CNC(=O)CCCCCCC(=O)Cc1cccc(-c2nc(N3CCOCC3)nc3c2ncn3C(C)C)c1. The summed E-state index contributed by atoms with van der Waals surface area (Å²) in [5.74, 6) is 0.991. The first-order valence-electron chi connectivity index (χ1n) is 13.3. The van der Waals surface area contributed by atoms with Crippen LogP contribution in [0.2, 0.25) is 0 Å². The Morgan fingerprint density at radius 2 is 1.81 bits per heavy atom. The molecule has 0 aliphatic carbocycles. The molecule has 9 nitrogen and oxygen atoms in total. The number of benzene rings is 1. The highest BCUT2D eigenvalue weighted by atomic mass is 16.5. The zero-order chi connectivity index (χ0) is 26.2. The van der Waals surface area contributed by atoms with Crippen molar-refractivity contribution < 1.29 is 14.3 Å². The number of aromatic nitrogens is 4. The average molecular weight is 507 g/mol. The monoisotopic (exact) mass is 506 g/mol. The summed E-state index contributed by atoms with van der Waals surface area (Å²) in [5.41, 5.74) is 4.29. The van der Waals surface area contributed by atoms with Crippen molar-refractivity contribution >= 4 is 28.8 Å². The first-order chi connectivity index (χ1) is 18.0. The highest BCUT2D eigenvalue weighted by molar-refractivity contribution is 5.89. The molecule has 0 radical (unpaired) electrons. The summed E-state index contributed by atoms with van der Waals surface area (Å²) in [7, 11) is 1.66. The van der Waals surface area contributed by atoms with Gasteiger partial charge in [-0.05, 0) is 38.3 Å². The third-order valence-corrected chi connectivity index (χ3v) is 6.75. The van der Waals surface area contributed by atoms with Crippen LogP contribution < -0.4 is 10.2 Å². The van der Waals surface area contributed by atoms with Crippen molar-refractivity contribution in [1.29, 1.82) is 0 Å². The van der Waals surface area contributed by atoms with E-state index in [2.05, 4.69) is 39.7 Å². The van der Waals surface area contributed by atoms with Crippen LogP contribution >= 0.6 is 0 Å². The van der Waals surface area contributed by atoms with Crippen LogP contribution in [0, 0.1) is 0 Å². The van der Waals surface area contributed by atoms with Crippen molar-refractivity contribution in [3.8, 4) is 11.3 Å². The van der Waals surface area contributed by atoms with Crippen molar-refractivity contribution in [2.24, 2.45) is 0 Å². The number of morpholine rings is 1. The first kappa shape index (κ1) is 26.7. The van der Waals surface area contributed by atoms with Crippen molar-refractivity contribution in [3.63, 3.8) is 0 Å². The van der Waals surface area contributed by atoms with Crippen LogP contribution in [0.15, 0.2) is 30.6 Å². The van der Waals surface area contributed by atoms with E-state index in [1.807, 2.05) is 24.5 Å². The number of ketones is 1. The molecule has 1 aromatic carbocycles. The van der Waals surface area contributed by atoms with E-state index in [1.165, 1.54) is 0 Å². The van der Waals surface area contributed by atoms with E-state index >= 15 is 0 Å². The molecule has 4 rings (SSSR count). The molecule has 1 aliphatic rings. The fourth-order valence-electron chi connectivity index (χ4n) is 4.62. The number of carbonyl (C=O) groups is 2. The Morgan fingerprint density at radius 3 is 2.54 bits per heavy atom. The predicted octanol–water partition coefficient (Wildman–Crippen LogP) is 4.11. The molecule has 3 heterocycles. The van der Waals surface area contributed by atoms with Gasteiger partial charge >= 0.3 is 0 Å². The lowest BCUT2D eigenvalue weighted by atomic mass is 10.0. The van der Waals surface area contributed by atoms with Gasteiger partial charge in [-0.15, -0.1) is 0 Å². The molecule has 198 valence electrons. The van der Waals surface area contributed by atoms with Crippen molar-refractivity contribution in [3.05, 3.63) is 36.2 Å². The molecule has 0 spiro atoms. The number of carbonyl (C=O) groups excluding carboxylic acids is 2. The number of amides is 1. The first-order valence-corrected chi connectivity index (χ1v) is 13.3. The van der Waals surface area contributed by atoms with Crippen LogP contribution in [0.25, 0.3) is 22.4 Å². The Hall–Kier alpha value is -3.33. The largest absolute Gasteiger partial charge is 0.378 e. The van der Waals surface area contributed by atoms with Crippen molar-refractivity contribution in [2.75, 3.05) is 38.3 Å². The molecule has 1 saturated heterocycles. The van der Waals surface area contributed by atoms with Crippen LogP contribution in [0.1, 0.15) is 64.0 Å².